The molecule has 0 aromatic carbocycles. The Morgan fingerprint density at radius 1 is 1.43 bits per heavy atom. The van der Waals surface area contributed by atoms with Crippen LogP contribution in [0, 0.1) is 5.41 Å². The van der Waals surface area contributed by atoms with E-state index in [-0.39, 0.29) is 12.5 Å². The van der Waals surface area contributed by atoms with E-state index in [0.29, 0.717) is 29.1 Å². The van der Waals surface area contributed by atoms with Crippen LogP contribution in [0.4, 0.5) is 0 Å². The molecule has 0 spiro atoms. The molecule has 1 fully saturated rings. The Labute approximate surface area is 145 Å². The first-order valence-corrected chi connectivity index (χ1v) is 8.25. The van der Waals surface area contributed by atoms with Gasteiger partial charge in [0.1, 0.15) is 11.6 Å². The third-order valence-electron chi connectivity index (χ3n) is 3.86. The number of halogens is 2. The minimum Gasteiger partial charge on any atom is -0.475 e. The Hall–Kier alpha value is -1.08. The van der Waals surface area contributed by atoms with E-state index < -0.39 is 5.41 Å². The van der Waals surface area contributed by atoms with Crippen molar-refractivity contribution < 1.29 is 14.3 Å². The van der Waals surface area contributed by atoms with Gasteiger partial charge in [0, 0.05) is 13.3 Å². The fourth-order valence-electron chi connectivity index (χ4n) is 2.63. The Morgan fingerprint density at radius 2 is 2.17 bits per heavy atom. The number of aromatic nitrogens is 1. The summed E-state index contributed by atoms with van der Waals surface area (Å²) in [6.07, 6.45) is 2.99. The molecule has 23 heavy (non-hydrogen) atoms. The molecule has 0 atom stereocenters. The second kappa shape index (κ2) is 8.68. The van der Waals surface area contributed by atoms with Gasteiger partial charge in [0.05, 0.1) is 23.6 Å². The number of ether oxygens (including phenoxy) is 2. The molecule has 2 N–H and O–H groups in total. The van der Waals surface area contributed by atoms with Gasteiger partial charge in [0.15, 0.2) is 0 Å². The standard InChI is InChI=1S/C15H21Cl2N3O3/c1-22-10-15(2-4-18-5-3-15)14(21)19-6-7-23-13-12(17)8-11(16)9-20-13/h8-9,18H,2-7,10H2,1H3,(H,19,21). The summed E-state index contributed by atoms with van der Waals surface area (Å²) in [6, 6.07) is 1.56. The number of nitrogens with zero attached hydrogens (tertiary/aromatic N) is 1. The zero-order valence-electron chi connectivity index (χ0n) is 13.0. The summed E-state index contributed by atoms with van der Waals surface area (Å²) in [7, 11) is 1.62. The molecule has 0 bridgehead atoms. The molecule has 0 radical (unpaired) electrons. The van der Waals surface area contributed by atoms with Crippen LogP contribution in [0.5, 0.6) is 5.88 Å². The molecule has 1 aliphatic rings. The van der Waals surface area contributed by atoms with Crippen molar-refractivity contribution in [2.75, 3.05) is 40.0 Å². The zero-order chi connectivity index (χ0) is 16.7. The first kappa shape index (κ1) is 18.3. The highest BCUT2D eigenvalue weighted by atomic mass is 35.5. The smallest absolute Gasteiger partial charge is 0.232 e. The molecule has 8 heteroatoms. The number of amides is 1. The van der Waals surface area contributed by atoms with Gasteiger partial charge in [-0.1, -0.05) is 23.2 Å². The van der Waals surface area contributed by atoms with E-state index in [1.807, 2.05) is 0 Å². The number of methoxy groups -OCH3 is 1. The van der Waals surface area contributed by atoms with Crippen LogP contribution in [0.25, 0.3) is 0 Å². The fourth-order valence-corrected chi connectivity index (χ4v) is 3.06. The SMILES string of the molecule is COCC1(C(=O)NCCOc2ncc(Cl)cc2Cl)CCNCC1. The highest BCUT2D eigenvalue weighted by Crippen LogP contribution is 2.29. The predicted molar refractivity (Wildman–Crippen MR) is 89.2 cm³/mol. The Balaban J connectivity index is 1.81. The van der Waals surface area contributed by atoms with Gasteiger partial charge >= 0.3 is 0 Å². The Bertz CT molecular complexity index is 531. The molecule has 2 heterocycles. The van der Waals surface area contributed by atoms with Crippen LogP contribution in [0.15, 0.2) is 12.3 Å². The number of rotatable bonds is 7. The quantitative estimate of drug-likeness (QED) is 0.725. The number of nitrogens with one attached hydrogen (secondary N) is 2. The lowest BCUT2D eigenvalue weighted by Crippen LogP contribution is -2.50. The molecule has 1 aromatic rings. The van der Waals surface area contributed by atoms with Crippen LogP contribution in [0.2, 0.25) is 10.0 Å². The van der Waals surface area contributed by atoms with E-state index in [1.165, 1.54) is 6.20 Å². The second-order valence-corrected chi connectivity index (χ2v) is 6.35. The molecule has 2 rings (SSSR count). The maximum atomic E-state index is 12.5. The summed E-state index contributed by atoms with van der Waals surface area (Å²) in [5.74, 6) is 0.304. The van der Waals surface area contributed by atoms with E-state index >= 15 is 0 Å². The largest absolute Gasteiger partial charge is 0.475 e. The van der Waals surface area contributed by atoms with Gasteiger partial charge in [0.25, 0.3) is 0 Å². The molecule has 1 aliphatic heterocycles. The maximum absolute atomic E-state index is 12.5. The molecule has 0 saturated carbocycles. The normalized spacial score (nSPS) is 16.8. The summed E-state index contributed by atoms with van der Waals surface area (Å²) < 4.78 is 10.7. The van der Waals surface area contributed by atoms with Crippen LogP contribution in [0.1, 0.15) is 12.8 Å². The molecule has 0 aliphatic carbocycles. The number of pyridine rings is 1. The predicted octanol–water partition coefficient (Wildman–Crippen LogP) is 1.90. The molecule has 1 aromatic heterocycles. The summed E-state index contributed by atoms with van der Waals surface area (Å²) in [5, 5.41) is 6.96. The average Bonchev–Trinajstić information content (AvgIpc) is 2.54. The number of carbonyl (C=O) groups excluding carboxylic acids is 1. The van der Waals surface area contributed by atoms with Crippen LogP contribution in [-0.4, -0.2) is 50.8 Å². The monoisotopic (exact) mass is 361 g/mol. The minimum atomic E-state index is -0.462. The van der Waals surface area contributed by atoms with E-state index in [1.54, 1.807) is 13.2 Å². The highest BCUT2D eigenvalue weighted by molar-refractivity contribution is 6.35. The number of piperidine rings is 1. The van der Waals surface area contributed by atoms with Crippen molar-refractivity contribution >= 4 is 29.1 Å². The van der Waals surface area contributed by atoms with Gasteiger partial charge in [-0.2, -0.15) is 0 Å². The molecular formula is C15H21Cl2N3O3. The maximum Gasteiger partial charge on any atom is 0.232 e. The first-order valence-electron chi connectivity index (χ1n) is 7.49. The topological polar surface area (TPSA) is 72.5 Å². The lowest BCUT2D eigenvalue weighted by molar-refractivity contribution is -0.136. The van der Waals surface area contributed by atoms with Gasteiger partial charge in [-0.25, -0.2) is 4.98 Å². The second-order valence-electron chi connectivity index (χ2n) is 5.51. The molecule has 1 amide bonds. The van der Waals surface area contributed by atoms with Crippen molar-refractivity contribution in [3.05, 3.63) is 22.3 Å². The summed E-state index contributed by atoms with van der Waals surface area (Å²) >= 11 is 11.7. The van der Waals surface area contributed by atoms with E-state index in [0.717, 1.165) is 25.9 Å². The van der Waals surface area contributed by atoms with Crippen LogP contribution in [0.3, 0.4) is 0 Å². The molecule has 0 unspecified atom stereocenters. The van der Waals surface area contributed by atoms with Gasteiger partial charge < -0.3 is 20.1 Å². The summed E-state index contributed by atoms with van der Waals surface area (Å²) in [4.78, 5) is 16.5. The first-order chi connectivity index (χ1) is 11.1. The van der Waals surface area contributed by atoms with Crippen molar-refractivity contribution in [3.63, 3.8) is 0 Å². The number of carbonyl (C=O) groups is 1. The average molecular weight is 362 g/mol. The molecule has 1 saturated heterocycles. The van der Waals surface area contributed by atoms with Gasteiger partial charge in [0.2, 0.25) is 11.8 Å². The number of hydrogen-bond acceptors (Lipinski definition) is 5. The molecule has 6 nitrogen and oxygen atoms in total. The molecule has 128 valence electrons. The number of hydrogen-bond donors (Lipinski definition) is 2. The lowest BCUT2D eigenvalue weighted by atomic mass is 9.78. The van der Waals surface area contributed by atoms with Gasteiger partial charge in [-0.15, -0.1) is 0 Å². The van der Waals surface area contributed by atoms with E-state index in [2.05, 4.69) is 15.6 Å². The van der Waals surface area contributed by atoms with Crippen molar-refractivity contribution in [1.82, 2.24) is 15.6 Å². The zero-order valence-corrected chi connectivity index (χ0v) is 14.5. The van der Waals surface area contributed by atoms with Crippen LogP contribution < -0.4 is 15.4 Å². The third-order valence-corrected chi connectivity index (χ3v) is 4.34. The Kier molecular flexibility index (Phi) is 6.89. The van der Waals surface area contributed by atoms with Gasteiger partial charge in [-0.3, -0.25) is 4.79 Å². The highest BCUT2D eigenvalue weighted by Gasteiger charge is 2.39. The van der Waals surface area contributed by atoms with Gasteiger partial charge in [-0.05, 0) is 32.0 Å². The lowest BCUT2D eigenvalue weighted by Gasteiger charge is -2.35. The van der Waals surface area contributed by atoms with Crippen LogP contribution in [-0.2, 0) is 9.53 Å². The van der Waals surface area contributed by atoms with Crippen molar-refractivity contribution in [1.29, 1.82) is 0 Å². The van der Waals surface area contributed by atoms with E-state index in [9.17, 15) is 4.79 Å². The van der Waals surface area contributed by atoms with Crippen LogP contribution >= 0.6 is 23.2 Å². The van der Waals surface area contributed by atoms with Crippen molar-refractivity contribution in [3.8, 4) is 5.88 Å². The Morgan fingerprint density at radius 3 is 2.83 bits per heavy atom. The minimum absolute atomic E-state index is 0.000359. The summed E-state index contributed by atoms with van der Waals surface area (Å²) in [5.41, 5.74) is -0.462. The summed E-state index contributed by atoms with van der Waals surface area (Å²) in [6.45, 7) is 2.71. The van der Waals surface area contributed by atoms with Crippen molar-refractivity contribution in [2.24, 2.45) is 5.41 Å². The fraction of sp³-hybridized carbons (Fsp3) is 0.600. The third kappa shape index (κ3) is 4.94. The molecular weight excluding hydrogens is 341 g/mol. The van der Waals surface area contributed by atoms with Crippen molar-refractivity contribution in [2.45, 2.75) is 12.8 Å². The van der Waals surface area contributed by atoms with E-state index in [4.69, 9.17) is 32.7 Å².